The minimum atomic E-state index is 0.250. The van der Waals surface area contributed by atoms with Crippen molar-refractivity contribution in [3.05, 3.63) is 62.0 Å². The Hall–Kier alpha value is -1.33. The second-order valence-corrected chi connectivity index (χ2v) is 12.9. The fourth-order valence-electron chi connectivity index (χ4n) is 3.21. The Kier molecular flexibility index (Phi) is 9.20. The van der Waals surface area contributed by atoms with Crippen LogP contribution in [-0.4, -0.2) is 17.8 Å². The lowest BCUT2D eigenvalue weighted by Gasteiger charge is -2.16. The molecule has 5 heteroatoms. The molecule has 31 heavy (non-hydrogen) atoms. The second-order valence-electron chi connectivity index (χ2n) is 11.1. The quantitative estimate of drug-likeness (QED) is 0.382. The number of aromatic nitrogens is 2. The third-order valence-electron chi connectivity index (χ3n) is 5.61. The summed E-state index contributed by atoms with van der Waals surface area (Å²) in [6, 6.07) is 4.79. The highest BCUT2D eigenvalue weighted by Gasteiger charge is 2.21. The molecular formula is C26H41BN2S2. The summed E-state index contributed by atoms with van der Waals surface area (Å²) in [4.78, 5) is 10.0. The van der Waals surface area contributed by atoms with Crippen molar-refractivity contribution in [1.82, 2.24) is 9.97 Å². The summed E-state index contributed by atoms with van der Waals surface area (Å²) in [5.74, 6) is 1.33. The molecule has 0 aromatic carbocycles. The van der Waals surface area contributed by atoms with E-state index in [0.717, 1.165) is 12.3 Å². The van der Waals surface area contributed by atoms with Gasteiger partial charge in [0.05, 0.1) is 6.33 Å². The van der Waals surface area contributed by atoms with Crippen LogP contribution in [-0.2, 0) is 17.3 Å². The fraction of sp³-hybridized carbons (Fsp3) is 0.577. The molecule has 0 saturated heterocycles. The maximum Gasteiger partial charge on any atom is 0.119 e. The molecule has 0 saturated carbocycles. The van der Waals surface area contributed by atoms with Crippen molar-refractivity contribution in [1.29, 1.82) is 0 Å². The molecular weight excluding hydrogens is 415 g/mol. The average Bonchev–Trinajstić information content (AvgIpc) is 3.40. The monoisotopic (exact) mass is 456 g/mol. The Labute approximate surface area is 199 Å². The van der Waals surface area contributed by atoms with Crippen LogP contribution in [0.5, 0.6) is 0 Å². The van der Waals surface area contributed by atoms with E-state index in [4.69, 9.17) is 0 Å². The van der Waals surface area contributed by atoms with E-state index in [2.05, 4.69) is 96.1 Å². The van der Waals surface area contributed by atoms with Crippen molar-refractivity contribution in [2.24, 2.45) is 5.92 Å². The van der Waals surface area contributed by atoms with Crippen LogP contribution in [0.1, 0.15) is 101 Å². The number of aryl methyl sites for hydroxylation is 1. The van der Waals surface area contributed by atoms with Crippen LogP contribution in [0.3, 0.4) is 0 Å². The van der Waals surface area contributed by atoms with E-state index in [0.29, 0.717) is 5.82 Å². The number of hydrogen-bond acceptors (Lipinski definition) is 3. The molecule has 3 rings (SSSR count). The number of nitrogens with zero attached hydrogens (tertiary/aromatic N) is 1. The minimum absolute atomic E-state index is 0.250. The summed E-state index contributed by atoms with van der Waals surface area (Å²) in [7, 11) is 2.33. The summed E-state index contributed by atoms with van der Waals surface area (Å²) in [5.41, 5.74) is 4.67. The number of thiophene rings is 2. The lowest BCUT2D eigenvalue weighted by Crippen LogP contribution is -2.09. The van der Waals surface area contributed by atoms with Crippen LogP contribution < -0.4 is 0 Å². The van der Waals surface area contributed by atoms with E-state index in [1.165, 1.54) is 39.4 Å². The Morgan fingerprint density at radius 2 is 1.45 bits per heavy atom. The third kappa shape index (κ3) is 8.27. The van der Waals surface area contributed by atoms with Crippen LogP contribution in [0.4, 0.5) is 0 Å². The fourth-order valence-corrected chi connectivity index (χ4v) is 5.70. The van der Waals surface area contributed by atoms with Gasteiger partial charge in [0.15, 0.2) is 0 Å². The Balaban J connectivity index is 0.000000262. The van der Waals surface area contributed by atoms with E-state index in [1.54, 1.807) is 6.33 Å². The molecule has 3 aromatic heterocycles. The van der Waals surface area contributed by atoms with Crippen molar-refractivity contribution >= 4 is 30.5 Å². The molecule has 1 N–H and O–H groups in total. The van der Waals surface area contributed by atoms with E-state index in [9.17, 15) is 0 Å². The van der Waals surface area contributed by atoms with Gasteiger partial charge in [-0.15, -0.1) is 22.7 Å². The van der Waals surface area contributed by atoms with Crippen molar-refractivity contribution in [3.63, 3.8) is 0 Å². The second kappa shape index (κ2) is 11.0. The molecule has 170 valence electrons. The highest BCUT2D eigenvalue weighted by Crippen LogP contribution is 2.36. The topological polar surface area (TPSA) is 28.7 Å². The Morgan fingerprint density at radius 1 is 0.935 bits per heavy atom. The average molecular weight is 457 g/mol. The van der Waals surface area contributed by atoms with Crippen LogP contribution in [0.15, 0.2) is 35.4 Å². The molecule has 0 aliphatic rings. The molecule has 0 atom stereocenters. The van der Waals surface area contributed by atoms with Crippen LogP contribution in [0.2, 0.25) is 0 Å². The molecule has 0 unspecified atom stereocenters. The van der Waals surface area contributed by atoms with E-state index < -0.39 is 0 Å². The first kappa shape index (κ1) is 25.9. The molecule has 3 aromatic rings. The molecule has 0 spiro atoms. The molecule has 0 radical (unpaired) electrons. The first-order chi connectivity index (χ1) is 14.4. The molecule has 0 aliphatic carbocycles. The van der Waals surface area contributed by atoms with Crippen molar-refractivity contribution in [3.8, 4) is 0 Å². The maximum atomic E-state index is 3.96. The summed E-state index contributed by atoms with van der Waals surface area (Å²) < 4.78 is 0. The standard InChI is InChI=1S/C17H25BS2.C9H16N2/c1-16(2,3)11-7-13(19-9-11)15(18)14-8-12(10-20-14)17(4,5)6;1-8(2)4-3-5-9-6-10-7-11-9/h7-10,15H,18H2,1-6H3;6-8H,3-5H2,1-2H3,(H,10,11). The van der Waals surface area contributed by atoms with Crippen LogP contribution in [0, 0.1) is 5.92 Å². The minimum Gasteiger partial charge on any atom is -0.348 e. The largest absolute Gasteiger partial charge is 0.348 e. The van der Waals surface area contributed by atoms with Crippen LogP contribution in [0.25, 0.3) is 0 Å². The predicted molar refractivity (Wildman–Crippen MR) is 143 cm³/mol. The molecule has 2 nitrogen and oxygen atoms in total. The van der Waals surface area contributed by atoms with Gasteiger partial charge in [-0.1, -0.05) is 61.8 Å². The SMILES string of the molecule is BC(c1cc(C(C)(C)C)cs1)c1cc(C(C)(C)C)cs1.CC(C)CCCc1cnc[nH]1. The number of rotatable bonds is 6. The summed E-state index contributed by atoms with van der Waals surface area (Å²) in [6.45, 7) is 18.2. The summed E-state index contributed by atoms with van der Waals surface area (Å²) in [6.07, 6.45) is 7.35. The van der Waals surface area contributed by atoms with Gasteiger partial charge in [0, 0.05) is 21.6 Å². The number of H-pyrrole nitrogens is 1. The van der Waals surface area contributed by atoms with Gasteiger partial charge in [0.25, 0.3) is 0 Å². The zero-order valence-corrected chi connectivity index (χ0v) is 22.6. The zero-order valence-electron chi connectivity index (χ0n) is 21.0. The molecule has 0 amide bonds. The Morgan fingerprint density at radius 3 is 1.81 bits per heavy atom. The third-order valence-corrected chi connectivity index (χ3v) is 7.84. The first-order valence-corrected chi connectivity index (χ1v) is 13.3. The van der Waals surface area contributed by atoms with Gasteiger partial charge in [-0.2, -0.15) is 0 Å². The van der Waals surface area contributed by atoms with Crippen molar-refractivity contribution in [2.45, 2.75) is 91.3 Å². The number of aromatic amines is 1. The summed E-state index contributed by atoms with van der Waals surface area (Å²) in [5, 5.41) is 4.65. The Bertz CT molecular complexity index is 840. The lowest BCUT2D eigenvalue weighted by molar-refractivity contribution is 0.553. The lowest BCUT2D eigenvalue weighted by atomic mass is 9.81. The highest BCUT2D eigenvalue weighted by molar-refractivity contribution is 7.12. The molecule has 0 fully saturated rings. The van der Waals surface area contributed by atoms with Crippen LogP contribution >= 0.6 is 22.7 Å². The normalized spacial score (nSPS) is 12.3. The van der Waals surface area contributed by atoms with E-state index in [-0.39, 0.29) is 10.8 Å². The number of imidazole rings is 1. The zero-order chi connectivity index (χ0) is 23.2. The summed E-state index contributed by atoms with van der Waals surface area (Å²) >= 11 is 3.81. The van der Waals surface area contributed by atoms with Crippen molar-refractivity contribution in [2.75, 3.05) is 0 Å². The highest BCUT2D eigenvalue weighted by atomic mass is 32.1. The van der Waals surface area contributed by atoms with E-state index >= 15 is 0 Å². The predicted octanol–water partition coefficient (Wildman–Crippen LogP) is 7.52. The van der Waals surface area contributed by atoms with E-state index in [1.807, 2.05) is 28.9 Å². The van der Waals surface area contributed by atoms with Gasteiger partial charge in [-0.3, -0.25) is 0 Å². The smallest absolute Gasteiger partial charge is 0.119 e. The van der Waals surface area contributed by atoms with Crippen molar-refractivity contribution < 1.29 is 0 Å². The molecule has 0 aliphatic heterocycles. The number of hydrogen-bond donors (Lipinski definition) is 1. The number of nitrogens with one attached hydrogen (secondary N) is 1. The molecule has 0 bridgehead atoms. The maximum absolute atomic E-state index is 3.96. The van der Waals surface area contributed by atoms with Gasteiger partial charge in [0.1, 0.15) is 7.85 Å². The van der Waals surface area contributed by atoms with Gasteiger partial charge in [-0.25, -0.2) is 4.98 Å². The first-order valence-electron chi connectivity index (χ1n) is 11.5. The molecule has 3 heterocycles. The van der Waals surface area contributed by atoms with Gasteiger partial charge < -0.3 is 4.98 Å². The van der Waals surface area contributed by atoms with Gasteiger partial charge in [0.2, 0.25) is 0 Å². The van der Waals surface area contributed by atoms with Gasteiger partial charge >= 0.3 is 0 Å². The van der Waals surface area contributed by atoms with Gasteiger partial charge in [-0.05, 0) is 69.4 Å².